The molecule has 0 fully saturated rings. The molecule has 2 rings (SSSR count). The number of aliphatic hydroxyl groups excluding tert-OH is 1. The van der Waals surface area contributed by atoms with Crippen LogP contribution < -0.4 is 5.32 Å². The summed E-state index contributed by atoms with van der Waals surface area (Å²) < 4.78 is 11.1. The number of rotatable bonds is 7. The predicted molar refractivity (Wildman–Crippen MR) is 89.7 cm³/mol. The van der Waals surface area contributed by atoms with Crippen LogP contribution in [-0.2, 0) is 4.74 Å². The molecule has 0 aliphatic rings. The Kier molecular flexibility index (Phi) is 5.80. The first-order valence-corrected chi connectivity index (χ1v) is 7.92. The van der Waals surface area contributed by atoms with Gasteiger partial charge in [-0.2, -0.15) is 0 Å². The first kappa shape index (κ1) is 17.5. The van der Waals surface area contributed by atoms with Crippen LogP contribution in [0.3, 0.4) is 0 Å². The molecule has 0 aliphatic carbocycles. The van der Waals surface area contributed by atoms with Gasteiger partial charge in [0.05, 0.1) is 12.7 Å². The van der Waals surface area contributed by atoms with Crippen LogP contribution >= 0.6 is 0 Å². The van der Waals surface area contributed by atoms with Crippen molar-refractivity contribution >= 4 is 16.9 Å². The minimum Gasteiger partial charge on any atom is -0.450 e. The van der Waals surface area contributed by atoms with Gasteiger partial charge in [-0.15, -0.1) is 0 Å². The van der Waals surface area contributed by atoms with Crippen LogP contribution in [0.1, 0.15) is 35.5 Å². The van der Waals surface area contributed by atoms with E-state index in [0.717, 1.165) is 22.1 Å². The number of nitrogens with one attached hydrogen (secondary N) is 1. The standard InChI is InChI=1S/C18H25NO4/c1-11(2)9-22-10-14(20)8-19-18(21)17-13(4)15-7-5-6-12(3)16(15)23-17/h5-7,11,14,20H,8-10H2,1-4H3,(H,19,21). The van der Waals surface area contributed by atoms with Crippen molar-refractivity contribution in [3.8, 4) is 0 Å². The molecule has 1 heterocycles. The monoisotopic (exact) mass is 319 g/mol. The highest BCUT2D eigenvalue weighted by Gasteiger charge is 2.19. The summed E-state index contributed by atoms with van der Waals surface area (Å²) >= 11 is 0. The summed E-state index contributed by atoms with van der Waals surface area (Å²) in [5.41, 5.74) is 2.54. The van der Waals surface area contributed by atoms with Crippen molar-refractivity contribution in [2.24, 2.45) is 5.92 Å². The molecule has 0 radical (unpaired) electrons. The Hall–Kier alpha value is -1.85. The van der Waals surface area contributed by atoms with Crippen molar-refractivity contribution in [3.05, 3.63) is 35.1 Å². The van der Waals surface area contributed by atoms with Crippen LogP contribution in [0.4, 0.5) is 0 Å². The number of hydrogen-bond donors (Lipinski definition) is 2. The van der Waals surface area contributed by atoms with Gasteiger partial charge in [0.15, 0.2) is 5.76 Å². The molecule has 0 bridgehead atoms. The number of fused-ring (bicyclic) bond motifs is 1. The van der Waals surface area contributed by atoms with Gasteiger partial charge in [-0.05, 0) is 25.3 Å². The lowest BCUT2D eigenvalue weighted by Crippen LogP contribution is -2.34. The van der Waals surface area contributed by atoms with Crippen LogP contribution in [-0.4, -0.2) is 36.9 Å². The van der Waals surface area contributed by atoms with E-state index in [4.69, 9.17) is 9.15 Å². The van der Waals surface area contributed by atoms with Gasteiger partial charge in [-0.3, -0.25) is 4.79 Å². The molecule has 1 amide bonds. The topological polar surface area (TPSA) is 71.7 Å². The number of carbonyl (C=O) groups excluding carboxylic acids is 1. The maximum atomic E-state index is 12.3. The molecule has 1 aromatic heterocycles. The van der Waals surface area contributed by atoms with Crippen LogP contribution in [0.5, 0.6) is 0 Å². The predicted octanol–water partition coefficient (Wildman–Crippen LogP) is 2.81. The fraction of sp³-hybridized carbons (Fsp3) is 0.500. The third-order valence-corrected chi connectivity index (χ3v) is 3.63. The molecule has 5 heteroatoms. The molecule has 126 valence electrons. The summed E-state index contributed by atoms with van der Waals surface area (Å²) in [6.45, 7) is 8.82. The van der Waals surface area contributed by atoms with Crippen molar-refractivity contribution in [1.82, 2.24) is 5.32 Å². The van der Waals surface area contributed by atoms with E-state index in [-0.39, 0.29) is 19.1 Å². The van der Waals surface area contributed by atoms with Crippen molar-refractivity contribution in [2.75, 3.05) is 19.8 Å². The zero-order valence-corrected chi connectivity index (χ0v) is 14.2. The number of aliphatic hydroxyl groups is 1. The van der Waals surface area contributed by atoms with E-state index in [2.05, 4.69) is 5.32 Å². The van der Waals surface area contributed by atoms with E-state index in [0.29, 0.717) is 18.3 Å². The summed E-state index contributed by atoms with van der Waals surface area (Å²) in [7, 11) is 0. The second-order valence-electron chi connectivity index (χ2n) is 6.30. The van der Waals surface area contributed by atoms with E-state index in [1.54, 1.807) is 0 Å². The minimum absolute atomic E-state index is 0.131. The highest BCUT2D eigenvalue weighted by atomic mass is 16.5. The fourth-order valence-electron chi connectivity index (χ4n) is 2.39. The van der Waals surface area contributed by atoms with Crippen LogP contribution in [0.25, 0.3) is 11.0 Å². The average molecular weight is 319 g/mol. The quantitative estimate of drug-likeness (QED) is 0.823. The Morgan fingerprint density at radius 3 is 2.70 bits per heavy atom. The molecule has 1 unspecified atom stereocenters. The Bertz CT molecular complexity index is 675. The molecule has 0 spiro atoms. The molecule has 2 aromatic rings. The number of ether oxygens (including phenoxy) is 1. The first-order valence-electron chi connectivity index (χ1n) is 7.92. The Morgan fingerprint density at radius 2 is 2.04 bits per heavy atom. The molecule has 0 saturated heterocycles. The highest BCUT2D eigenvalue weighted by Crippen LogP contribution is 2.27. The van der Waals surface area contributed by atoms with E-state index < -0.39 is 6.10 Å². The number of furan rings is 1. The molecular formula is C18H25NO4. The molecular weight excluding hydrogens is 294 g/mol. The van der Waals surface area contributed by atoms with Gasteiger partial charge in [0.2, 0.25) is 0 Å². The van der Waals surface area contributed by atoms with Gasteiger partial charge in [0.25, 0.3) is 5.91 Å². The smallest absolute Gasteiger partial charge is 0.287 e. The fourth-order valence-corrected chi connectivity index (χ4v) is 2.39. The van der Waals surface area contributed by atoms with Crippen LogP contribution in [0, 0.1) is 19.8 Å². The zero-order valence-electron chi connectivity index (χ0n) is 14.2. The van der Waals surface area contributed by atoms with E-state index >= 15 is 0 Å². The molecule has 23 heavy (non-hydrogen) atoms. The Morgan fingerprint density at radius 1 is 1.30 bits per heavy atom. The summed E-state index contributed by atoms with van der Waals surface area (Å²) in [6, 6.07) is 5.83. The molecule has 5 nitrogen and oxygen atoms in total. The molecule has 0 aliphatic heterocycles. The number of aryl methyl sites for hydroxylation is 2. The summed E-state index contributed by atoms with van der Waals surface area (Å²) in [5, 5.41) is 13.5. The van der Waals surface area contributed by atoms with E-state index in [1.807, 2.05) is 45.9 Å². The van der Waals surface area contributed by atoms with Gasteiger partial charge < -0.3 is 19.6 Å². The normalized spacial score (nSPS) is 12.8. The van der Waals surface area contributed by atoms with Crippen molar-refractivity contribution in [1.29, 1.82) is 0 Å². The second-order valence-corrected chi connectivity index (χ2v) is 6.30. The summed E-state index contributed by atoms with van der Waals surface area (Å²) in [4.78, 5) is 12.3. The van der Waals surface area contributed by atoms with Crippen molar-refractivity contribution in [2.45, 2.75) is 33.8 Å². The van der Waals surface area contributed by atoms with Crippen molar-refractivity contribution < 1.29 is 19.1 Å². The van der Waals surface area contributed by atoms with Gasteiger partial charge in [-0.1, -0.05) is 32.0 Å². The number of amides is 1. The van der Waals surface area contributed by atoms with Crippen molar-refractivity contribution in [3.63, 3.8) is 0 Å². The lowest BCUT2D eigenvalue weighted by molar-refractivity contribution is 0.0257. The van der Waals surface area contributed by atoms with Gasteiger partial charge >= 0.3 is 0 Å². The largest absolute Gasteiger partial charge is 0.450 e. The SMILES string of the molecule is Cc1c(C(=O)NCC(O)COCC(C)C)oc2c(C)cccc12. The lowest BCUT2D eigenvalue weighted by Gasteiger charge is -2.13. The Labute approximate surface area is 136 Å². The molecule has 1 aromatic carbocycles. The maximum absolute atomic E-state index is 12.3. The highest BCUT2D eigenvalue weighted by molar-refractivity contribution is 5.99. The third-order valence-electron chi connectivity index (χ3n) is 3.63. The number of para-hydroxylation sites is 1. The average Bonchev–Trinajstić information content (AvgIpc) is 2.83. The zero-order chi connectivity index (χ0) is 17.0. The lowest BCUT2D eigenvalue weighted by atomic mass is 10.1. The maximum Gasteiger partial charge on any atom is 0.287 e. The van der Waals surface area contributed by atoms with Crippen LogP contribution in [0.15, 0.2) is 22.6 Å². The number of benzene rings is 1. The molecule has 1 atom stereocenters. The first-order chi connectivity index (χ1) is 10.9. The Balaban J connectivity index is 1.96. The number of carbonyl (C=O) groups is 1. The van der Waals surface area contributed by atoms with E-state index in [1.165, 1.54) is 0 Å². The van der Waals surface area contributed by atoms with Crippen LogP contribution in [0.2, 0.25) is 0 Å². The second kappa shape index (κ2) is 7.62. The van der Waals surface area contributed by atoms with Gasteiger partial charge in [0.1, 0.15) is 5.58 Å². The van der Waals surface area contributed by atoms with E-state index in [9.17, 15) is 9.90 Å². The molecule has 0 saturated carbocycles. The third kappa shape index (κ3) is 4.33. The minimum atomic E-state index is -0.732. The van der Waals surface area contributed by atoms with Gasteiger partial charge in [-0.25, -0.2) is 0 Å². The molecule has 2 N–H and O–H groups in total. The summed E-state index contributed by atoms with van der Waals surface area (Å²) in [6.07, 6.45) is -0.732. The summed E-state index contributed by atoms with van der Waals surface area (Å²) in [5.74, 6) is 0.392. The number of hydrogen-bond acceptors (Lipinski definition) is 4. The van der Waals surface area contributed by atoms with Gasteiger partial charge in [0, 0.05) is 24.1 Å².